The lowest BCUT2D eigenvalue weighted by Gasteiger charge is -2.15. The van der Waals surface area contributed by atoms with Crippen LogP contribution in [-0.4, -0.2) is 44.7 Å². The molecular weight excluding hydrogens is 281 g/mol. The van der Waals surface area contributed by atoms with Gasteiger partial charge in [0.15, 0.2) is 6.10 Å². The molecule has 9 heteroatoms. The van der Waals surface area contributed by atoms with Gasteiger partial charge < -0.3 is 14.9 Å². The lowest BCUT2D eigenvalue weighted by molar-refractivity contribution is -0.210. The largest absolute Gasteiger partial charge is 0.489 e. The number of carboxylic acid groups (broad SMARTS) is 1. The van der Waals surface area contributed by atoms with Gasteiger partial charge in [0.2, 0.25) is 0 Å². The maximum Gasteiger partial charge on any atom is 0.417 e. The molecule has 2 aromatic heterocycles. The van der Waals surface area contributed by atoms with E-state index >= 15 is 0 Å². The molecule has 0 fully saturated rings. The molecule has 2 heterocycles. The van der Waals surface area contributed by atoms with E-state index in [0.717, 1.165) is 6.20 Å². The minimum Gasteiger partial charge on any atom is -0.489 e. The van der Waals surface area contributed by atoms with Crippen LogP contribution in [0.15, 0.2) is 24.5 Å². The van der Waals surface area contributed by atoms with E-state index in [0.29, 0.717) is 0 Å². The number of carboxylic acids is 1. The number of fused-ring (bicyclic) bond motifs is 1. The fourth-order valence-corrected chi connectivity index (χ4v) is 1.49. The molecule has 2 N–H and O–H groups in total. The van der Waals surface area contributed by atoms with Gasteiger partial charge in [-0.25, -0.2) is 9.31 Å². The third-order valence-electron chi connectivity index (χ3n) is 2.51. The summed E-state index contributed by atoms with van der Waals surface area (Å²) in [4.78, 5) is 10.8. The van der Waals surface area contributed by atoms with Crippen LogP contribution in [-0.2, 0) is 0 Å². The van der Waals surface area contributed by atoms with E-state index in [1.807, 2.05) is 0 Å². The van der Waals surface area contributed by atoms with Crippen molar-refractivity contribution in [3.05, 3.63) is 30.1 Å². The first kappa shape index (κ1) is 14.1. The van der Waals surface area contributed by atoms with Gasteiger partial charge in [-0.05, 0) is 12.1 Å². The number of pyridine rings is 1. The lowest BCUT2D eigenvalue weighted by atomic mass is 10.2. The topological polar surface area (TPSA) is 84.1 Å². The maximum atomic E-state index is 12.1. The Hall–Kier alpha value is -2.29. The van der Waals surface area contributed by atoms with Crippen molar-refractivity contribution in [2.75, 3.05) is 6.61 Å². The Bertz CT molecular complexity index is 638. The van der Waals surface area contributed by atoms with Crippen LogP contribution in [0.4, 0.5) is 13.2 Å². The van der Waals surface area contributed by atoms with Gasteiger partial charge in [-0.3, -0.25) is 0 Å². The van der Waals surface area contributed by atoms with Crippen molar-refractivity contribution in [3.63, 3.8) is 0 Å². The molecule has 0 aliphatic carbocycles. The summed E-state index contributed by atoms with van der Waals surface area (Å²) in [6, 6.07) is 2.65. The Balaban J connectivity index is 2.15. The first-order chi connectivity index (χ1) is 9.29. The van der Waals surface area contributed by atoms with Crippen LogP contribution < -0.4 is 4.74 Å². The number of rotatable bonds is 4. The van der Waals surface area contributed by atoms with Crippen molar-refractivity contribution < 1.29 is 32.9 Å². The highest BCUT2D eigenvalue weighted by atomic mass is 19.4. The molecule has 0 spiro atoms. The average molecular weight is 290 g/mol. The van der Waals surface area contributed by atoms with E-state index in [4.69, 9.17) is 14.9 Å². The van der Waals surface area contributed by atoms with Crippen molar-refractivity contribution in [2.45, 2.75) is 12.3 Å². The number of aliphatic hydroxyl groups excluding tert-OH is 1. The molecule has 6 nitrogen and oxygen atoms in total. The summed E-state index contributed by atoms with van der Waals surface area (Å²) in [5.41, 5.74) is 0.244. The minimum absolute atomic E-state index is 0.0286. The molecule has 2 aromatic rings. The zero-order valence-electron chi connectivity index (χ0n) is 9.83. The zero-order chi connectivity index (χ0) is 14.9. The number of nitrogens with zero attached hydrogens (tertiary/aromatic N) is 2. The Kier molecular flexibility index (Phi) is 3.53. The SMILES string of the molecule is O=C(O)c1cnn2cc(OCC(O)C(F)(F)F)ccc12. The third-order valence-corrected chi connectivity index (χ3v) is 2.51. The van der Waals surface area contributed by atoms with E-state index in [1.165, 1.54) is 22.8 Å². The van der Waals surface area contributed by atoms with Gasteiger partial charge in [-0.1, -0.05) is 0 Å². The molecule has 0 saturated heterocycles. The third kappa shape index (κ3) is 2.82. The van der Waals surface area contributed by atoms with Gasteiger partial charge in [0, 0.05) is 0 Å². The molecule has 0 aliphatic rings. The number of aromatic nitrogens is 2. The number of hydrogen-bond acceptors (Lipinski definition) is 4. The Labute approximate surface area is 110 Å². The van der Waals surface area contributed by atoms with Crippen molar-refractivity contribution >= 4 is 11.5 Å². The summed E-state index contributed by atoms with van der Waals surface area (Å²) in [6.07, 6.45) is -5.01. The molecule has 0 bridgehead atoms. The molecule has 0 aromatic carbocycles. The fraction of sp³-hybridized carbons (Fsp3) is 0.273. The van der Waals surface area contributed by atoms with Gasteiger partial charge >= 0.3 is 12.1 Å². The molecule has 2 rings (SSSR count). The lowest BCUT2D eigenvalue weighted by Crippen LogP contribution is -2.34. The fourth-order valence-electron chi connectivity index (χ4n) is 1.49. The standard InChI is InChI=1S/C11H9F3N2O4/c12-11(13,14)9(17)5-20-6-1-2-8-7(10(18)19)3-15-16(8)4-6/h1-4,9,17H,5H2,(H,18,19). The van der Waals surface area contributed by atoms with Crippen LogP contribution in [0, 0.1) is 0 Å². The number of aliphatic hydroxyl groups is 1. The second kappa shape index (κ2) is 5.00. The minimum atomic E-state index is -4.76. The first-order valence-electron chi connectivity index (χ1n) is 5.37. The molecule has 0 amide bonds. The van der Waals surface area contributed by atoms with Gasteiger partial charge in [0.05, 0.1) is 17.9 Å². The monoisotopic (exact) mass is 290 g/mol. The highest BCUT2D eigenvalue weighted by molar-refractivity contribution is 5.95. The summed E-state index contributed by atoms with van der Waals surface area (Å²) in [6.45, 7) is -0.956. The highest BCUT2D eigenvalue weighted by Crippen LogP contribution is 2.22. The summed E-state index contributed by atoms with van der Waals surface area (Å²) < 4.78 is 42.2. The average Bonchev–Trinajstić information content (AvgIpc) is 2.77. The number of aromatic carboxylic acids is 1. The van der Waals surface area contributed by atoms with E-state index in [-0.39, 0.29) is 16.8 Å². The highest BCUT2D eigenvalue weighted by Gasteiger charge is 2.38. The Morgan fingerprint density at radius 2 is 2.15 bits per heavy atom. The van der Waals surface area contributed by atoms with Crippen molar-refractivity contribution in [1.82, 2.24) is 9.61 Å². The van der Waals surface area contributed by atoms with Gasteiger partial charge in [0.25, 0.3) is 0 Å². The predicted octanol–water partition coefficient (Wildman–Crippen LogP) is 1.33. The number of alkyl halides is 3. The molecule has 20 heavy (non-hydrogen) atoms. The molecule has 1 atom stereocenters. The summed E-state index contributed by atoms with van der Waals surface area (Å²) in [7, 11) is 0. The summed E-state index contributed by atoms with van der Waals surface area (Å²) in [5.74, 6) is -1.14. The molecule has 1 unspecified atom stereocenters. The molecule has 0 saturated carbocycles. The van der Waals surface area contributed by atoms with Crippen LogP contribution in [0.2, 0.25) is 0 Å². The second-order valence-electron chi connectivity index (χ2n) is 3.93. The van der Waals surface area contributed by atoms with Crippen LogP contribution >= 0.6 is 0 Å². The number of hydrogen-bond donors (Lipinski definition) is 2. The van der Waals surface area contributed by atoms with E-state index < -0.39 is 24.9 Å². The van der Waals surface area contributed by atoms with E-state index in [9.17, 15) is 18.0 Å². The molecular formula is C11H9F3N2O4. The zero-order valence-corrected chi connectivity index (χ0v) is 9.83. The van der Waals surface area contributed by atoms with Crippen molar-refractivity contribution in [1.29, 1.82) is 0 Å². The Morgan fingerprint density at radius 1 is 1.45 bits per heavy atom. The van der Waals surface area contributed by atoms with Gasteiger partial charge in [-0.2, -0.15) is 18.3 Å². The second-order valence-corrected chi connectivity index (χ2v) is 3.93. The molecule has 0 aliphatic heterocycles. The normalized spacial score (nSPS) is 13.4. The van der Waals surface area contributed by atoms with Crippen LogP contribution in [0.1, 0.15) is 10.4 Å². The number of halogens is 3. The van der Waals surface area contributed by atoms with E-state index in [2.05, 4.69) is 5.10 Å². The number of ether oxygens (including phenoxy) is 1. The smallest absolute Gasteiger partial charge is 0.417 e. The molecule has 0 radical (unpaired) electrons. The summed E-state index contributed by atoms with van der Waals surface area (Å²) >= 11 is 0. The maximum absolute atomic E-state index is 12.1. The van der Waals surface area contributed by atoms with Crippen LogP contribution in [0.5, 0.6) is 5.75 Å². The number of carbonyl (C=O) groups is 1. The van der Waals surface area contributed by atoms with E-state index in [1.54, 1.807) is 0 Å². The predicted molar refractivity (Wildman–Crippen MR) is 59.7 cm³/mol. The molecule has 108 valence electrons. The van der Waals surface area contributed by atoms with Crippen molar-refractivity contribution in [3.8, 4) is 5.75 Å². The van der Waals surface area contributed by atoms with Crippen LogP contribution in [0.3, 0.4) is 0 Å². The van der Waals surface area contributed by atoms with Gasteiger partial charge in [-0.15, -0.1) is 0 Å². The summed E-state index contributed by atoms with van der Waals surface area (Å²) in [5, 5.41) is 21.4. The van der Waals surface area contributed by atoms with Gasteiger partial charge in [0.1, 0.15) is 17.9 Å². The Morgan fingerprint density at radius 3 is 2.75 bits per heavy atom. The first-order valence-corrected chi connectivity index (χ1v) is 5.37. The van der Waals surface area contributed by atoms with Crippen LogP contribution in [0.25, 0.3) is 5.52 Å². The van der Waals surface area contributed by atoms with Crippen molar-refractivity contribution in [2.24, 2.45) is 0 Å². The quantitative estimate of drug-likeness (QED) is 0.887.